The lowest BCUT2D eigenvalue weighted by atomic mass is 10.1. The maximum absolute atomic E-state index is 12.1. The molecule has 0 radical (unpaired) electrons. The predicted octanol–water partition coefficient (Wildman–Crippen LogP) is 2.06. The van der Waals surface area contributed by atoms with Gasteiger partial charge in [0.25, 0.3) is 5.91 Å². The van der Waals surface area contributed by atoms with Crippen LogP contribution in [0.3, 0.4) is 0 Å². The minimum absolute atomic E-state index is 0.178. The van der Waals surface area contributed by atoms with Crippen LogP contribution in [0.2, 0.25) is 0 Å². The molecule has 0 unspecified atom stereocenters. The second kappa shape index (κ2) is 6.73. The number of aliphatic hydroxyl groups is 1. The Labute approximate surface area is 123 Å². The van der Waals surface area contributed by atoms with E-state index in [4.69, 9.17) is 5.11 Å². The Balaban J connectivity index is 2.05. The lowest BCUT2D eigenvalue weighted by molar-refractivity contribution is 0.102. The van der Waals surface area contributed by atoms with Crippen LogP contribution in [0, 0.1) is 11.8 Å². The summed E-state index contributed by atoms with van der Waals surface area (Å²) in [6, 6.07) is 7.14. The largest absolute Gasteiger partial charge is 0.384 e. The zero-order chi connectivity index (χ0) is 15.2. The van der Waals surface area contributed by atoms with E-state index < -0.39 is 0 Å². The number of rotatable bonds is 3. The van der Waals surface area contributed by atoms with Crippen LogP contribution in [0.15, 0.2) is 36.7 Å². The fourth-order valence-corrected chi connectivity index (χ4v) is 1.73. The van der Waals surface area contributed by atoms with Crippen LogP contribution in [-0.4, -0.2) is 27.4 Å². The number of hydrogen-bond donors (Lipinski definition) is 2. The molecular weight excluding hydrogens is 266 g/mol. The third-order valence-corrected chi connectivity index (χ3v) is 2.85. The van der Waals surface area contributed by atoms with Crippen molar-refractivity contribution in [1.82, 2.24) is 9.78 Å². The van der Waals surface area contributed by atoms with Gasteiger partial charge < -0.3 is 10.4 Å². The van der Waals surface area contributed by atoms with E-state index in [1.165, 1.54) is 0 Å². The molecule has 108 valence electrons. The molecule has 5 nitrogen and oxygen atoms in total. The molecule has 2 rings (SSSR count). The number of hydrogen-bond acceptors (Lipinski definition) is 3. The molecule has 0 aliphatic heterocycles. The zero-order valence-corrected chi connectivity index (χ0v) is 12.0. The Morgan fingerprint density at radius 3 is 2.67 bits per heavy atom. The van der Waals surface area contributed by atoms with Crippen molar-refractivity contribution in [3.63, 3.8) is 0 Å². The molecule has 0 saturated carbocycles. The van der Waals surface area contributed by atoms with Gasteiger partial charge in [0.05, 0.1) is 11.9 Å². The van der Waals surface area contributed by atoms with Gasteiger partial charge >= 0.3 is 0 Å². The molecule has 0 spiro atoms. The molecule has 0 fully saturated rings. The maximum atomic E-state index is 12.1. The van der Waals surface area contributed by atoms with Crippen LogP contribution in [-0.2, 0) is 0 Å². The fourth-order valence-electron chi connectivity index (χ4n) is 1.73. The summed E-state index contributed by atoms with van der Waals surface area (Å²) in [6.07, 6.45) is 3.42. The highest BCUT2D eigenvalue weighted by molar-refractivity contribution is 6.04. The SMILES string of the molecule is CC(C)n1cc(NC(=O)c2ccc(C#CCO)cc2)cn1. The summed E-state index contributed by atoms with van der Waals surface area (Å²) in [5.74, 6) is 5.15. The van der Waals surface area contributed by atoms with Crippen LogP contribution in [0.5, 0.6) is 0 Å². The van der Waals surface area contributed by atoms with Gasteiger partial charge in [0.1, 0.15) is 6.61 Å². The van der Waals surface area contributed by atoms with Crippen molar-refractivity contribution in [3.05, 3.63) is 47.8 Å². The van der Waals surface area contributed by atoms with E-state index in [0.29, 0.717) is 11.3 Å². The minimum Gasteiger partial charge on any atom is -0.384 e. The lowest BCUT2D eigenvalue weighted by Gasteiger charge is -2.04. The normalized spacial score (nSPS) is 10.1. The number of aromatic nitrogens is 2. The molecule has 0 saturated heterocycles. The number of nitrogens with zero attached hydrogens (tertiary/aromatic N) is 2. The number of nitrogens with one attached hydrogen (secondary N) is 1. The van der Waals surface area contributed by atoms with Crippen LogP contribution < -0.4 is 5.32 Å². The highest BCUT2D eigenvalue weighted by Crippen LogP contribution is 2.12. The zero-order valence-electron chi connectivity index (χ0n) is 12.0. The summed E-state index contributed by atoms with van der Waals surface area (Å²) in [4.78, 5) is 12.1. The van der Waals surface area contributed by atoms with Crippen molar-refractivity contribution in [3.8, 4) is 11.8 Å². The summed E-state index contributed by atoms with van der Waals surface area (Å²) in [5, 5.41) is 15.6. The number of carbonyl (C=O) groups is 1. The van der Waals surface area contributed by atoms with Crippen molar-refractivity contribution in [1.29, 1.82) is 0 Å². The van der Waals surface area contributed by atoms with Gasteiger partial charge in [0.2, 0.25) is 0 Å². The van der Waals surface area contributed by atoms with Gasteiger partial charge in [-0.25, -0.2) is 0 Å². The summed E-state index contributed by atoms with van der Waals surface area (Å²) in [6.45, 7) is 3.86. The lowest BCUT2D eigenvalue weighted by Crippen LogP contribution is -2.11. The van der Waals surface area contributed by atoms with Gasteiger partial charge in [0.15, 0.2) is 0 Å². The summed E-state index contributed by atoms with van der Waals surface area (Å²) in [5.41, 5.74) is 1.97. The maximum Gasteiger partial charge on any atom is 0.255 e. The van der Waals surface area contributed by atoms with Crippen molar-refractivity contribution in [2.75, 3.05) is 11.9 Å². The first-order valence-electron chi connectivity index (χ1n) is 6.65. The third-order valence-electron chi connectivity index (χ3n) is 2.85. The van der Waals surface area contributed by atoms with E-state index in [1.807, 2.05) is 13.8 Å². The standard InChI is InChI=1S/C16H17N3O2/c1-12(2)19-11-15(10-17-19)18-16(21)14-7-5-13(6-8-14)4-3-9-20/h5-8,10-12,20H,9H2,1-2H3,(H,18,21). The Morgan fingerprint density at radius 2 is 2.10 bits per heavy atom. The third kappa shape index (κ3) is 3.94. The number of carbonyl (C=O) groups excluding carboxylic acids is 1. The van der Waals surface area contributed by atoms with E-state index in [1.54, 1.807) is 41.3 Å². The second-order valence-electron chi connectivity index (χ2n) is 4.79. The first-order valence-corrected chi connectivity index (χ1v) is 6.65. The molecule has 0 aliphatic rings. The Hall–Kier alpha value is -2.58. The average molecular weight is 283 g/mol. The van der Waals surface area contributed by atoms with Crippen molar-refractivity contribution >= 4 is 11.6 Å². The van der Waals surface area contributed by atoms with Gasteiger partial charge in [-0.3, -0.25) is 9.48 Å². The molecule has 1 aromatic carbocycles. The molecule has 1 aromatic heterocycles. The Bertz CT molecular complexity index is 676. The summed E-state index contributed by atoms with van der Waals surface area (Å²) in [7, 11) is 0. The molecule has 1 amide bonds. The van der Waals surface area contributed by atoms with E-state index in [-0.39, 0.29) is 18.6 Å². The molecule has 0 bridgehead atoms. The molecular formula is C16H17N3O2. The fraction of sp³-hybridized carbons (Fsp3) is 0.250. The molecule has 2 N–H and O–H groups in total. The smallest absolute Gasteiger partial charge is 0.255 e. The van der Waals surface area contributed by atoms with Crippen LogP contribution in [0.25, 0.3) is 0 Å². The number of benzene rings is 1. The van der Waals surface area contributed by atoms with Gasteiger partial charge in [0, 0.05) is 23.4 Å². The second-order valence-corrected chi connectivity index (χ2v) is 4.79. The number of anilines is 1. The molecule has 1 heterocycles. The highest BCUT2D eigenvalue weighted by atomic mass is 16.2. The van der Waals surface area contributed by atoms with E-state index in [0.717, 1.165) is 5.56 Å². The van der Waals surface area contributed by atoms with Gasteiger partial charge in [-0.05, 0) is 38.1 Å². The highest BCUT2D eigenvalue weighted by Gasteiger charge is 2.08. The molecule has 2 aromatic rings. The first-order chi connectivity index (χ1) is 10.1. The summed E-state index contributed by atoms with van der Waals surface area (Å²) >= 11 is 0. The van der Waals surface area contributed by atoms with Crippen LogP contribution in [0.4, 0.5) is 5.69 Å². The van der Waals surface area contributed by atoms with Gasteiger partial charge in [-0.1, -0.05) is 11.8 Å². The first kappa shape index (κ1) is 14.8. The van der Waals surface area contributed by atoms with E-state index >= 15 is 0 Å². The van der Waals surface area contributed by atoms with Crippen molar-refractivity contribution in [2.45, 2.75) is 19.9 Å². The number of aliphatic hydroxyl groups excluding tert-OH is 1. The van der Waals surface area contributed by atoms with Crippen LogP contribution >= 0.6 is 0 Å². The van der Waals surface area contributed by atoms with E-state index in [2.05, 4.69) is 22.3 Å². The van der Waals surface area contributed by atoms with Crippen molar-refractivity contribution in [2.24, 2.45) is 0 Å². The Morgan fingerprint density at radius 1 is 1.38 bits per heavy atom. The minimum atomic E-state index is -0.194. The average Bonchev–Trinajstić information content (AvgIpc) is 2.94. The van der Waals surface area contributed by atoms with Gasteiger partial charge in [-0.2, -0.15) is 5.10 Å². The number of amides is 1. The topological polar surface area (TPSA) is 67.2 Å². The molecule has 0 atom stereocenters. The van der Waals surface area contributed by atoms with Crippen LogP contribution in [0.1, 0.15) is 35.8 Å². The monoisotopic (exact) mass is 283 g/mol. The predicted molar refractivity (Wildman–Crippen MR) is 81.0 cm³/mol. The molecule has 5 heteroatoms. The van der Waals surface area contributed by atoms with Gasteiger partial charge in [-0.15, -0.1) is 0 Å². The molecule has 0 aliphatic carbocycles. The summed E-state index contributed by atoms with van der Waals surface area (Å²) < 4.78 is 1.78. The van der Waals surface area contributed by atoms with Crippen molar-refractivity contribution < 1.29 is 9.90 Å². The Kier molecular flexibility index (Phi) is 4.75. The van der Waals surface area contributed by atoms with E-state index in [9.17, 15) is 4.79 Å². The molecule has 21 heavy (non-hydrogen) atoms. The quantitative estimate of drug-likeness (QED) is 0.847.